The van der Waals surface area contributed by atoms with Crippen molar-refractivity contribution in [3.05, 3.63) is 42.0 Å². The maximum Gasteiger partial charge on any atom is 0.293 e. The number of hydrogen-bond donors (Lipinski definition) is 0. The minimum Gasteiger partial charge on any atom is -0.459 e. The van der Waals surface area contributed by atoms with Crippen LogP contribution in [0.3, 0.4) is 0 Å². The number of aryl methyl sites for hydroxylation is 1. The number of benzene rings is 1. The molecule has 0 amide bonds. The van der Waals surface area contributed by atoms with Crippen LogP contribution in [0, 0.1) is 6.92 Å². The van der Waals surface area contributed by atoms with Crippen molar-refractivity contribution in [1.29, 1.82) is 0 Å². The summed E-state index contributed by atoms with van der Waals surface area (Å²) in [5, 5.41) is 0. The summed E-state index contributed by atoms with van der Waals surface area (Å²) in [7, 11) is -3.86. The van der Waals surface area contributed by atoms with Gasteiger partial charge in [-0.2, -0.15) is 4.31 Å². The second kappa shape index (κ2) is 7.86. The molecule has 1 rings (SSSR count). The van der Waals surface area contributed by atoms with Gasteiger partial charge >= 0.3 is 0 Å². The van der Waals surface area contributed by atoms with Crippen molar-refractivity contribution in [2.75, 3.05) is 13.1 Å². The first-order valence-corrected chi connectivity index (χ1v) is 8.02. The molecule has 0 bridgehead atoms. The number of rotatable bonds is 9. The van der Waals surface area contributed by atoms with Crippen LogP contribution in [0.1, 0.15) is 12.5 Å². The molecule has 0 radical (unpaired) electrons. The maximum absolute atomic E-state index is 12.6. The summed E-state index contributed by atoms with van der Waals surface area (Å²) < 4.78 is 31.0. The van der Waals surface area contributed by atoms with Crippen molar-refractivity contribution < 1.29 is 22.7 Å². The lowest BCUT2D eigenvalue weighted by Crippen LogP contribution is -2.40. The van der Waals surface area contributed by atoms with Crippen molar-refractivity contribution in [3.8, 4) is 0 Å². The lowest BCUT2D eigenvalue weighted by molar-refractivity contribution is -0.132. The van der Waals surface area contributed by atoms with Gasteiger partial charge < -0.3 is 9.53 Å². The average Bonchev–Trinajstić information content (AvgIpc) is 2.46. The van der Waals surface area contributed by atoms with E-state index in [4.69, 9.17) is 4.74 Å². The fourth-order valence-corrected chi connectivity index (χ4v) is 3.15. The summed E-state index contributed by atoms with van der Waals surface area (Å²) in [6.07, 6.45) is -0.319. The SMILES string of the molecule is C=C(C)[C@@H](CN(CC=O)S(=O)(=O)c1ccc(C)cc1)OC=O. The Morgan fingerprint density at radius 1 is 1.32 bits per heavy atom. The number of carbonyl (C=O) groups is 2. The molecule has 7 heteroatoms. The molecular weight excluding hydrogens is 306 g/mol. The Morgan fingerprint density at radius 3 is 2.36 bits per heavy atom. The molecule has 1 atom stereocenters. The Balaban J connectivity index is 3.11. The fraction of sp³-hybridized carbons (Fsp3) is 0.333. The molecule has 0 N–H and O–H groups in total. The van der Waals surface area contributed by atoms with Crippen LogP contribution in [0.5, 0.6) is 0 Å². The largest absolute Gasteiger partial charge is 0.459 e. The van der Waals surface area contributed by atoms with Crippen molar-refractivity contribution in [1.82, 2.24) is 4.31 Å². The van der Waals surface area contributed by atoms with E-state index in [1.165, 1.54) is 12.1 Å². The Morgan fingerprint density at radius 2 is 1.91 bits per heavy atom. The van der Waals surface area contributed by atoms with Gasteiger partial charge in [0.05, 0.1) is 18.0 Å². The van der Waals surface area contributed by atoms with Gasteiger partial charge in [-0.25, -0.2) is 8.42 Å². The summed E-state index contributed by atoms with van der Waals surface area (Å²) >= 11 is 0. The molecule has 120 valence electrons. The van der Waals surface area contributed by atoms with Crippen LogP contribution in [0.15, 0.2) is 41.3 Å². The lowest BCUT2D eigenvalue weighted by Gasteiger charge is -2.24. The molecule has 0 spiro atoms. The van der Waals surface area contributed by atoms with Crippen LogP contribution in [0.2, 0.25) is 0 Å². The molecule has 0 saturated carbocycles. The maximum atomic E-state index is 12.6. The van der Waals surface area contributed by atoms with Crippen LogP contribution >= 0.6 is 0 Å². The quantitative estimate of drug-likeness (QED) is 0.505. The third-order valence-electron chi connectivity index (χ3n) is 3.08. The molecular formula is C15H19NO5S. The first kappa shape index (κ1) is 18.1. The number of sulfonamides is 1. The number of carbonyl (C=O) groups excluding carboxylic acids is 2. The molecule has 0 fully saturated rings. The van der Waals surface area contributed by atoms with E-state index in [9.17, 15) is 18.0 Å². The highest BCUT2D eigenvalue weighted by Crippen LogP contribution is 2.18. The van der Waals surface area contributed by atoms with Gasteiger partial charge in [-0.1, -0.05) is 24.3 Å². The average molecular weight is 325 g/mol. The predicted octanol–water partition coefficient (Wildman–Crippen LogP) is 1.30. The first-order valence-electron chi connectivity index (χ1n) is 6.58. The summed E-state index contributed by atoms with van der Waals surface area (Å²) in [5.74, 6) is 0. The van der Waals surface area contributed by atoms with Gasteiger partial charge in [0.25, 0.3) is 6.47 Å². The molecule has 0 aliphatic heterocycles. The molecule has 0 aromatic heterocycles. The number of hydrogen-bond acceptors (Lipinski definition) is 5. The normalized spacial score (nSPS) is 12.7. The zero-order chi connectivity index (χ0) is 16.8. The Bertz CT molecular complexity index is 636. The van der Waals surface area contributed by atoms with Gasteiger partial charge in [-0.15, -0.1) is 0 Å². The smallest absolute Gasteiger partial charge is 0.293 e. The van der Waals surface area contributed by atoms with Gasteiger partial charge in [-0.3, -0.25) is 4.79 Å². The van der Waals surface area contributed by atoms with E-state index in [1.54, 1.807) is 19.1 Å². The number of nitrogens with zero attached hydrogens (tertiary/aromatic N) is 1. The monoisotopic (exact) mass is 325 g/mol. The molecule has 0 aliphatic rings. The van der Waals surface area contributed by atoms with Crippen molar-refractivity contribution in [2.24, 2.45) is 0 Å². The standard InChI is InChI=1S/C15H19NO5S/c1-12(2)15(21-11-18)10-16(8-9-17)22(19,20)14-6-4-13(3)5-7-14/h4-7,9,11,15H,1,8,10H2,2-3H3/t15-/m1/s1. The van der Waals surface area contributed by atoms with Crippen LogP contribution in [-0.2, 0) is 24.3 Å². The van der Waals surface area contributed by atoms with Crippen LogP contribution in [0.4, 0.5) is 0 Å². The highest BCUT2D eigenvalue weighted by molar-refractivity contribution is 7.89. The topological polar surface area (TPSA) is 80.8 Å². The van der Waals surface area contributed by atoms with Crippen molar-refractivity contribution in [3.63, 3.8) is 0 Å². The molecule has 22 heavy (non-hydrogen) atoms. The van der Waals surface area contributed by atoms with Gasteiger partial charge in [0.15, 0.2) is 0 Å². The summed E-state index contributed by atoms with van der Waals surface area (Å²) in [6, 6.07) is 6.28. The summed E-state index contributed by atoms with van der Waals surface area (Å²) in [4.78, 5) is 21.4. The van der Waals surface area contributed by atoms with E-state index in [1.807, 2.05) is 6.92 Å². The van der Waals surface area contributed by atoms with Gasteiger partial charge in [0, 0.05) is 0 Å². The molecule has 0 unspecified atom stereocenters. The molecule has 1 aromatic carbocycles. The van der Waals surface area contributed by atoms with Crippen LogP contribution in [-0.4, -0.2) is 44.7 Å². The lowest BCUT2D eigenvalue weighted by atomic mass is 10.2. The van der Waals surface area contributed by atoms with E-state index in [0.717, 1.165) is 9.87 Å². The second-order valence-corrected chi connectivity index (χ2v) is 6.81. The van der Waals surface area contributed by atoms with E-state index < -0.39 is 16.1 Å². The van der Waals surface area contributed by atoms with Crippen molar-refractivity contribution >= 4 is 22.8 Å². The number of aldehydes is 1. The minimum atomic E-state index is -3.86. The van der Waals surface area contributed by atoms with Gasteiger partial charge in [0.1, 0.15) is 12.4 Å². The predicted molar refractivity (Wildman–Crippen MR) is 81.8 cm³/mol. The van der Waals surface area contributed by atoms with Crippen LogP contribution in [0.25, 0.3) is 0 Å². The zero-order valence-electron chi connectivity index (χ0n) is 12.6. The van der Waals surface area contributed by atoms with Crippen molar-refractivity contribution in [2.45, 2.75) is 24.8 Å². The fourth-order valence-electron chi connectivity index (χ4n) is 1.78. The highest BCUT2D eigenvalue weighted by atomic mass is 32.2. The third kappa shape index (κ3) is 4.51. The third-order valence-corrected chi connectivity index (χ3v) is 4.92. The molecule has 0 heterocycles. The Labute approximate surface area is 130 Å². The highest BCUT2D eigenvalue weighted by Gasteiger charge is 2.27. The zero-order valence-corrected chi connectivity index (χ0v) is 13.4. The van der Waals surface area contributed by atoms with Gasteiger partial charge in [-0.05, 0) is 31.6 Å². The minimum absolute atomic E-state index is 0.0755. The molecule has 0 saturated heterocycles. The number of ether oxygens (including phenoxy) is 1. The molecule has 0 aliphatic carbocycles. The Kier molecular flexibility index (Phi) is 6.45. The first-order chi connectivity index (χ1) is 10.3. The van der Waals surface area contributed by atoms with E-state index in [2.05, 4.69) is 6.58 Å². The molecule has 6 nitrogen and oxygen atoms in total. The Hall–Kier alpha value is -1.99. The second-order valence-electron chi connectivity index (χ2n) is 4.87. The molecule has 1 aromatic rings. The van der Waals surface area contributed by atoms with E-state index >= 15 is 0 Å². The van der Waals surface area contributed by atoms with E-state index in [-0.39, 0.29) is 24.5 Å². The van der Waals surface area contributed by atoms with E-state index in [0.29, 0.717) is 11.9 Å². The van der Waals surface area contributed by atoms with Crippen LogP contribution < -0.4 is 0 Å². The summed E-state index contributed by atoms with van der Waals surface area (Å²) in [6.45, 7) is 6.86. The van der Waals surface area contributed by atoms with Gasteiger partial charge in [0.2, 0.25) is 10.0 Å². The summed E-state index contributed by atoms with van der Waals surface area (Å²) in [5.41, 5.74) is 1.41.